The van der Waals surface area contributed by atoms with Gasteiger partial charge in [0.15, 0.2) is 0 Å². The number of urea groups is 1. The number of benzene rings is 1. The van der Waals surface area contributed by atoms with E-state index in [0.717, 1.165) is 37.3 Å². The quantitative estimate of drug-likeness (QED) is 0.753. The summed E-state index contributed by atoms with van der Waals surface area (Å²) in [5.41, 5.74) is 1.74. The van der Waals surface area contributed by atoms with Crippen LogP contribution >= 0.6 is 0 Å². The highest BCUT2D eigenvalue weighted by Gasteiger charge is 2.24. The maximum atomic E-state index is 12.7. The number of amides is 3. The molecule has 0 spiro atoms. The van der Waals surface area contributed by atoms with Gasteiger partial charge in [0.1, 0.15) is 5.82 Å². The van der Waals surface area contributed by atoms with Gasteiger partial charge < -0.3 is 20.4 Å². The van der Waals surface area contributed by atoms with Crippen LogP contribution < -0.4 is 15.5 Å². The summed E-state index contributed by atoms with van der Waals surface area (Å²) in [4.78, 5) is 33.7. The van der Waals surface area contributed by atoms with E-state index in [4.69, 9.17) is 0 Å². The second-order valence-corrected chi connectivity index (χ2v) is 8.68. The smallest absolute Gasteiger partial charge is 0.317 e. The van der Waals surface area contributed by atoms with E-state index in [9.17, 15) is 9.59 Å². The maximum absolute atomic E-state index is 12.7. The zero-order valence-corrected chi connectivity index (χ0v) is 18.6. The summed E-state index contributed by atoms with van der Waals surface area (Å²) in [6, 6.07) is 13.4. The highest BCUT2D eigenvalue weighted by molar-refractivity contribution is 5.94. The topological polar surface area (TPSA) is 77.6 Å². The molecule has 4 rings (SSSR count). The Balaban J connectivity index is 1.22. The van der Waals surface area contributed by atoms with E-state index in [2.05, 4.69) is 26.6 Å². The molecule has 0 radical (unpaired) electrons. The highest BCUT2D eigenvalue weighted by Crippen LogP contribution is 2.18. The van der Waals surface area contributed by atoms with Crippen LogP contribution in [0.5, 0.6) is 0 Å². The second kappa shape index (κ2) is 11.0. The van der Waals surface area contributed by atoms with E-state index in [1.54, 1.807) is 0 Å². The molecule has 3 heterocycles. The first-order valence-electron chi connectivity index (χ1n) is 11.8. The van der Waals surface area contributed by atoms with Crippen LogP contribution in [0, 0.1) is 0 Å². The zero-order valence-electron chi connectivity index (χ0n) is 18.6. The molecule has 3 amide bonds. The SMILES string of the molecule is O=C(NC1CCN(C(=O)NCc2ccnc(N3CCCCCC3)c2)CC1)c1ccccc1. The predicted octanol–water partition coefficient (Wildman–Crippen LogP) is 3.57. The first kappa shape index (κ1) is 22.1. The number of likely N-dealkylation sites (tertiary alicyclic amines) is 1. The monoisotopic (exact) mass is 435 g/mol. The lowest BCUT2D eigenvalue weighted by atomic mass is 10.0. The lowest BCUT2D eigenvalue weighted by Crippen LogP contribution is -2.49. The van der Waals surface area contributed by atoms with E-state index >= 15 is 0 Å². The Morgan fingerprint density at radius 3 is 2.38 bits per heavy atom. The second-order valence-electron chi connectivity index (χ2n) is 8.68. The first-order chi connectivity index (χ1) is 15.7. The molecule has 2 aliphatic rings. The van der Waals surface area contributed by atoms with Gasteiger partial charge >= 0.3 is 6.03 Å². The molecule has 2 aliphatic heterocycles. The fourth-order valence-corrected chi connectivity index (χ4v) is 4.42. The van der Waals surface area contributed by atoms with Crippen LogP contribution in [-0.4, -0.2) is 54.0 Å². The van der Waals surface area contributed by atoms with Gasteiger partial charge in [-0.1, -0.05) is 31.0 Å². The highest BCUT2D eigenvalue weighted by atomic mass is 16.2. The maximum Gasteiger partial charge on any atom is 0.317 e. The van der Waals surface area contributed by atoms with Crippen LogP contribution in [-0.2, 0) is 6.54 Å². The molecule has 0 aliphatic carbocycles. The van der Waals surface area contributed by atoms with Crippen molar-refractivity contribution in [1.82, 2.24) is 20.5 Å². The molecule has 0 unspecified atom stereocenters. The Kier molecular flexibility index (Phi) is 7.59. The lowest BCUT2D eigenvalue weighted by Gasteiger charge is -2.32. The number of anilines is 1. The van der Waals surface area contributed by atoms with Gasteiger partial charge in [-0.3, -0.25) is 4.79 Å². The van der Waals surface area contributed by atoms with Crippen molar-refractivity contribution in [3.05, 3.63) is 59.8 Å². The standard InChI is InChI=1S/C25H33N5O2/c31-24(21-8-4-3-5-9-21)28-22-11-16-30(17-12-22)25(32)27-19-20-10-13-26-23(18-20)29-14-6-1-2-7-15-29/h3-5,8-10,13,18,22H,1-2,6-7,11-12,14-17,19H2,(H,27,32)(H,28,31). The molecule has 2 fully saturated rings. The van der Waals surface area contributed by atoms with Crippen molar-refractivity contribution in [2.24, 2.45) is 0 Å². The number of aromatic nitrogens is 1. The minimum absolute atomic E-state index is 0.0496. The Hall–Kier alpha value is -3.09. The Morgan fingerprint density at radius 2 is 1.66 bits per heavy atom. The molecule has 1 aromatic heterocycles. The number of hydrogen-bond acceptors (Lipinski definition) is 4. The van der Waals surface area contributed by atoms with Crippen LogP contribution in [0.15, 0.2) is 48.7 Å². The number of rotatable bonds is 5. The molecule has 32 heavy (non-hydrogen) atoms. The van der Waals surface area contributed by atoms with Crippen molar-refractivity contribution in [3.63, 3.8) is 0 Å². The number of nitrogens with zero attached hydrogens (tertiary/aromatic N) is 3. The van der Waals surface area contributed by atoms with Gasteiger partial charge in [0.25, 0.3) is 5.91 Å². The zero-order chi connectivity index (χ0) is 22.2. The Morgan fingerprint density at radius 1 is 0.938 bits per heavy atom. The molecule has 1 aromatic carbocycles. The molecule has 0 saturated carbocycles. The van der Waals surface area contributed by atoms with E-state index < -0.39 is 0 Å². The Labute approximate surface area is 190 Å². The van der Waals surface area contributed by atoms with Crippen molar-refractivity contribution in [2.45, 2.75) is 51.1 Å². The average molecular weight is 436 g/mol. The lowest BCUT2D eigenvalue weighted by molar-refractivity contribution is 0.0918. The van der Waals surface area contributed by atoms with Crippen LogP contribution in [0.2, 0.25) is 0 Å². The Bertz CT molecular complexity index is 888. The molecule has 170 valence electrons. The fourth-order valence-electron chi connectivity index (χ4n) is 4.42. The van der Waals surface area contributed by atoms with Crippen LogP contribution in [0.1, 0.15) is 54.4 Å². The summed E-state index contributed by atoms with van der Waals surface area (Å²) < 4.78 is 0. The van der Waals surface area contributed by atoms with Gasteiger partial charge in [0.2, 0.25) is 0 Å². The van der Waals surface area contributed by atoms with E-state index in [1.165, 1.54) is 25.7 Å². The first-order valence-corrected chi connectivity index (χ1v) is 11.8. The molecule has 7 heteroatoms. The summed E-state index contributed by atoms with van der Waals surface area (Å²) in [6.45, 7) is 3.88. The van der Waals surface area contributed by atoms with Crippen LogP contribution in [0.4, 0.5) is 10.6 Å². The third kappa shape index (κ3) is 5.99. The summed E-state index contributed by atoms with van der Waals surface area (Å²) >= 11 is 0. The van der Waals surface area contributed by atoms with Gasteiger partial charge in [0, 0.05) is 50.5 Å². The van der Waals surface area contributed by atoms with Crippen LogP contribution in [0.25, 0.3) is 0 Å². The van der Waals surface area contributed by atoms with Crippen molar-refractivity contribution >= 4 is 17.8 Å². The summed E-state index contributed by atoms with van der Waals surface area (Å²) in [6.07, 6.45) is 8.37. The number of carbonyl (C=O) groups excluding carboxylic acids is 2. The van der Waals surface area contributed by atoms with E-state index in [-0.39, 0.29) is 18.0 Å². The van der Waals surface area contributed by atoms with E-state index in [0.29, 0.717) is 25.2 Å². The van der Waals surface area contributed by atoms with Crippen molar-refractivity contribution in [2.75, 3.05) is 31.1 Å². The van der Waals surface area contributed by atoms with Gasteiger partial charge in [-0.25, -0.2) is 9.78 Å². The largest absolute Gasteiger partial charge is 0.357 e. The van der Waals surface area contributed by atoms with Gasteiger partial charge in [-0.2, -0.15) is 0 Å². The number of carbonyl (C=O) groups is 2. The minimum Gasteiger partial charge on any atom is -0.357 e. The van der Waals surface area contributed by atoms with Gasteiger partial charge in [-0.05, 0) is 55.5 Å². The summed E-state index contributed by atoms with van der Waals surface area (Å²) in [7, 11) is 0. The van der Waals surface area contributed by atoms with Crippen LogP contribution in [0.3, 0.4) is 0 Å². The van der Waals surface area contributed by atoms with Gasteiger partial charge in [0.05, 0.1) is 0 Å². The average Bonchev–Trinajstić information content (AvgIpc) is 3.13. The van der Waals surface area contributed by atoms with E-state index in [1.807, 2.05) is 47.5 Å². The molecule has 0 atom stereocenters. The number of pyridine rings is 1. The normalized spacial score (nSPS) is 17.5. The number of piperidine rings is 1. The molecule has 7 nitrogen and oxygen atoms in total. The minimum atomic E-state index is -0.0500. The number of hydrogen-bond donors (Lipinski definition) is 2. The number of nitrogens with one attached hydrogen (secondary N) is 2. The van der Waals surface area contributed by atoms with Crippen molar-refractivity contribution in [3.8, 4) is 0 Å². The molecule has 2 N–H and O–H groups in total. The van der Waals surface area contributed by atoms with Crippen molar-refractivity contribution < 1.29 is 9.59 Å². The summed E-state index contributed by atoms with van der Waals surface area (Å²) in [5.74, 6) is 0.958. The fraction of sp³-hybridized carbons (Fsp3) is 0.480. The third-order valence-corrected chi connectivity index (χ3v) is 6.34. The van der Waals surface area contributed by atoms with Crippen molar-refractivity contribution in [1.29, 1.82) is 0 Å². The molecular formula is C25H33N5O2. The molecule has 2 aromatic rings. The molecule has 0 bridgehead atoms. The third-order valence-electron chi connectivity index (χ3n) is 6.34. The summed E-state index contributed by atoms with van der Waals surface area (Å²) in [5, 5.41) is 6.13. The van der Waals surface area contributed by atoms with Gasteiger partial charge in [-0.15, -0.1) is 0 Å². The molecule has 2 saturated heterocycles. The molecular weight excluding hydrogens is 402 g/mol. The predicted molar refractivity (Wildman–Crippen MR) is 126 cm³/mol.